The van der Waals surface area contributed by atoms with Crippen molar-refractivity contribution >= 4 is 0 Å². The van der Waals surface area contributed by atoms with E-state index < -0.39 is 6.10 Å². The molecule has 1 atom stereocenters. The van der Waals surface area contributed by atoms with Gasteiger partial charge in [-0.1, -0.05) is 52.0 Å². The van der Waals surface area contributed by atoms with Gasteiger partial charge in [-0.05, 0) is 22.6 Å². The average Bonchev–Trinajstić information content (AvgIpc) is 2.86. The van der Waals surface area contributed by atoms with Crippen LogP contribution in [0.3, 0.4) is 0 Å². The first-order chi connectivity index (χ1) is 9.41. The molecule has 1 unspecified atom stereocenters. The van der Waals surface area contributed by atoms with Gasteiger partial charge < -0.3 is 9.52 Å². The highest BCUT2D eigenvalue weighted by molar-refractivity contribution is 5.29. The number of aliphatic hydroxyl groups excluding tert-OH is 1. The van der Waals surface area contributed by atoms with Crippen LogP contribution in [-0.4, -0.2) is 5.11 Å². The highest BCUT2D eigenvalue weighted by Crippen LogP contribution is 2.26. The van der Waals surface area contributed by atoms with Gasteiger partial charge in [0.25, 0.3) is 0 Å². The molecule has 2 aromatic rings. The quantitative estimate of drug-likeness (QED) is 0.894. The van der Waals surface area contributed by atoms with Gasteiger partial charge in [0, 0.05) is 18.4 Å². The third-order valence-corrected chi connectivity index (χ3v) is 3.71. The predicted molar refractivity (Wildman–Crippen MR) is 81.9 cm³/mol. The maximum Gasteiger partial charge on any atom is 0.109 e. The summed E-state index contributed by atoms with van der Waals surface area (Å²) in [6, 6.07) is 10.4. The Morgan fingerprint density at radius 3 is 2.30 bits per heavy atom. The van der Waals surface area contributed by atoms with Crippen molar-refractivity contribution in [1.82, 2.24) is 0 Å². The Hall–Kier alpha value is -1.54. The van der Waals surface area contributed by atoms with Crippen LogP contribution in [0, 0.1) is 0 Å². The van der Waals surface area contributed by atoms with Gasteiger partial charge >= 0.3 is 0 Å². The highest BCUT2D eigenvalue weighted by atomic mass is 16.3. The van der Waals surface area contributed by atoms with Crippen LogP contribution in [-0.2, 0) is 18.3 Å². The summed E-state index contributed by atoms with van der Waals surface area (Å²) in [4.78, 5) is 0. The second-order valence-electron chi connectivity index (χ2n) is 6.32. The van der Waals surface area contributed by atoms with Crippen LogP contribution in [0.5, 0.6) is 0 Å². The molecular formula is C18H24O2. The zero-order chi connectivity index (χ0) is 14.8. The first-order valence-corrected chi connectivity index (χ1v) is 7.25. The molecule has 0 aliphatic carbocycles. The number of aliphatic hydroxyl groups is 1. The molecule has 2 rings (SSSR count). The van der Waals surface area contributed by atoms with E-state index in [2.05, 4.69) is 45.0 Å². The summed E-state index contributed by atoms with van der Waals surface area (Å²) < 4.78 is 5.38. The van der Waals surface area contributed by atoms with Gasteiger partial charge in [-0.15, -0.1) is 0 Å². The van der Waals surface area contributed by atoms with Crippen LogP contribution in [0.1, 0.15) is 56.2 Å². The number of furan rings is 1. The van der Waals surface area contributed by atoms with Crippen LogP contribution < -0.4 is 0 Å². The van der Waals surface area contributed by atoms with Crippen LogP contribution in [0.4, 0.5) is 0 Å². The smallest absolute Gasteiger partial charge is 0.109 e. The SMILES string of the molecule is CCc1occc1C(O)Cc1ccc(C(C)(C)C)cc1. The average molecular weight is 272 g/mol. The monoisotopic (exact) mass is 272 g/mol. The summed E-state index contributed by atoms with van der Waals surface area (Å²) in [6.07, 6.45) is 2.59. The molecule has 0 saturated carbocycles. The summed E-state index contributed by atoms with van der Waals surface area (Å²) in [7, 11) is 0. The standard InChI is InChI=1S/C18H24O2/c1-5-17-15(10-11-20-17)16(19)12-13-6-8-14(9-7-13)18(2,3)4/h6-11,16,19H,5,12H2,1-4H3. The van der Waals surface area contributed by atoms with Crippen molar-refractivity contribution in [3.63, 3.8) is 0 Å². The van der Waals surface area contributed by atoms with Crippen LogP contribution >= 0.6 is 0 Å². The highest BCUT2D eigenvalue weighted by Gasteiger charge is 2.16. The molecule has 1 N–H and O–H groups in total. The zero-order valence-electron chi connectivity index (χ0n) is 12.8. The lowest BCUT2D eigenvalue weighted by molar-refractivity contribution is 0.176. The topological polar surface area (TPSA) is 33.4 Å². The molecule has 0 amide bonds. The number of aryl methyl sites for hydroxylation is 1. The van der Waals surface area contributed by atoms with Crippen molar-refractivity contribution in [1.29, 1.82) is 0 Å². The van der Waals surface area contributed by atoms with E-state index in [0.717, 1.165) is 23.3 Å². The van der Waals surface area contributed by atoms with Crippen molar-refractivity contribution in [3.8, 4) is 0 Å². The minimum atomic E-state index is -0.496. The van der Waals surface area contributed by atoms with Crippen LogP contribution in [0.25, 0.3) is 0 Å². The van der Waals surface area contributed by atoms with E-state index in [0.29, 0.717) is 6.42 Å². The van der Waals surface area contributed by atoms with Gasteiger partial charge in [0.15, 0.2) is 0 Å². The molecular weight excluding hydrogens is 248 g/mol. The maximum atomic E-state index is 10.3. The summed E-state index contributed by atoms with van der Waals surface area (Å²) in [5.74, 6) is 0.879. The molecule has 0 fully saturated rings. The van der Waals surface area contributed by atoms with Crippen LogP contribution in [0.2, 0.25) is 0 Å². The summed E-state index contributed by atoms with van der Waals surface area (Å²) in [5, 5.41) is 10.3. The molecule has 0 aliphatic rings. The molecule has 1 heterocycles. The largest absolute Gasteiger partial charge is 0.469 e. The van der Waals surface area contributed by atoms with Gasteiger partial charge in [0.2, 0.25) is 0 Å². The molecule has 2 heteroatoms. The first kappa shape index (κ1) is 14.9. The van der Waals surface area contributed by atoms with Gasteiger partial charge in [0.1, 0.15) is 5.76 Å². The van der Waals surface area contributed by atoms with E-state index in [1.807, 2.05) is 13.0 Å². The first-order valence-electron chi connectivity index (χ1n) is 7.25. The van der Waals surface area contributed by atoms with Gasteiger partial charge in [-0.2, -0.15) is 0 Å². The van der Waals surface area contributed by atoms with E-state index >= 15 is 0 Å². The van der Waals surface area contributed by atoms with Crippen LogP contribution in [0.15, 0.2) is 41.0 Å². The fourth-order valence-corrected chi connectivity index (χ4v) is 2.41. The van der Waals surface area contributed by atoms with Gasteiger partial charge in [-0.25, -0.2) is 0 Å². The minimum absolute atomic E-state index is 0.164. The van der Waals surface area contributed by atoms with E-state index in [-0.39, 0.29) is 5.41 Å². The Kier molecular flexibility index (Phi) is 4.34. The molecule has 0 radical (unpaired) electrons. The van der Waals surface area contributed by atoms with Crippen molar-refractivity contribution < 1.29 is 9.52 Å². The molecule has 0 aliphatic heterocycles. The molecule has 0 spiro atoms. The third kappa shape index (κ3) is 3.31. The number of hydrogen-bond acceptors (Lipinski definition) is 2. The summed E-state index contributed by atoms with van der Waals surface area (Å²) >= 11 is 0. The minimum Gasteiger partial charge on any atom is -0.469 e. The Morgan fingerprint density at radius 1 is 1.10 bits per heavy atom. The van der Waals surface area contributed by atoms with E-state index in [4.69, 9.17) is 4.42 Å². The number of rotatable bonds is 4. The fourth-order valence-electron chi connectivity index (χ4n) is 2.41. The Labute approximate surface area is 121 Å². The molecule has 0 bridgehead atoms. The van der Waals surface area contributed by atoms with Crippen molar-refractivity contribution in [2.45, 2.75) is 52.1 Å². The lowest BCUT2D eigenvalue weighted by Gasteiger charge is -2.19. The Bertz CT molecular complexity index is 544. The number of hydrogen-bond donors (Lipinski definition) is 1. The molecule has 0 saturated heterocycles. The molecule has 1 aromatic carbocycles. The molecule has 20 heavy (non-hydrogen) atoms. The van der Waals surface area contributed by atoms with Crippen molar-refractivity contribution in [3.05, 3.63) is 59.0 Å². The fraction of sp³-hybridized carbons (Fsp3) is 0.444. The molecule has 1 aromatic heterocycles. The second kappa shape index (κ2) is 5.84. The molecule has 2 nitrogen and oxygen atoms in total. The maximum absolute atomic E-state index is 10.3. The second-order valence-corrected chi connectivity index (χ2v) is 6.32. The van der Waals surface area contributed by atoms with E-state index in [1.54, 1.807) is 6.26 Å². The molecule has 108 valence electrons. The van der Waals surface area contributed by atoms with Gasteiger partial charge in [0.05, 0.1) is 12.4 Å². The van der Waals surface area contributed by atoms with Crippen molar-refractivity contribution in [2.24, 2.45) is 0 Å². The van der Waals surface area contributed by atoms with Gasteiger partial charge in [-0.3, -0.25) is 0 Å². The lowest BCUT2D eigenvalue weighted by Crippen LogP contribution is -2.11. The van der Waals surface area contributed by atoms with E-state index in [9.17, 15) is 5.11 Å². The number of benzene rings is 1. The summed E-state index contributed by atoms with van der Waals surface area (Å²) in [6.45, 7) is 8.65. The zero-order valence-corrected chi connectivity index (χ0v) is 12.8. The third-order valence-electron chi connectivity index (χ3n) is 3.71. The lowest BCUT2D eigenvalue weighted by atomic mass is 9.86. The van der Waals surface area contributed by atoms with E-state index in [1.165, 1.54) is 5.56 Å². The van der Waals surface area contributed by atoms with Crippen molar-refractivity contribution in [2.75, 3.05) is 0 Å². The predicted octanol–water partition coefficient (Wildman–Crippen LogP) is 4.42. The normalized spacial score (nSPS) is 13.4. The Morgan fingerprint density at radius 2 is 1.75 bits per heavy atom. The summed E-state index contributed by atoms with van der Waals surface area (Å²) in [5.41, 5.74) is 3.53. The Balaban J connectivity index is 2.10.